The van der Waals surface area contributed by atoms with Gasteiger partial charge in [-0.2, -0.15) is 0 Å². The summed E-state index contributed by atoms with van der Waals surface area (Å²) in [4.78, 5) is 4.76. The van der Waals surface area contributed by atoms with Gasteiger partial charge < -0.3 is 10.2 Å². The van der Waals surface area contributed by atoms with Crippen LogP contribution in [0.4, 0.5) is 4.39 Å². The van der Waals surface area contributed by atoms with E-state index in [0.29, 0.717) is 17.1 Å². The van der Waals surface area contributed by atoms with Crippen molar-refractivity contribution in [3.05, 3.63) is 34.6 Å². The van der Waals surface area contributed by atoms with Crippen molar-refractivity contribution in [2.75, 3.05) is 46.3 Å². The maximum absolute atomic E-state index is 13.5. The number of benzene rings is 1. The Morgan fingerprint density at radius 1 is 1.26 bits per heavy atom. The smallest absolute Gasteiger partial charge is 0.129 e. The molecule has 0 saturated carbocycles. The first-order valence-corrected chi connectivity index (χ1v) is 7.09. The van der Waals surface area contributed by atoms with Crippen molar-refractivity contribution in [1.29, 1.82) is 0 Å². The van der Waals surface area contributed by atoms with E-state index in [1.165, 1.54) is 6.07 Å². The first-order chi connectivity index (χ1) is 9.16. The average Bonchev–Trinajstić information content (AvgIpc) is 2.39. The van der Waals surface area contributed by atoms with Crippen molar-refractivity contribution in [2.24, 2.45) is 0 Å². The zero-order valence-electron chi connectivity index (χ0n) is 11.3. The fraction of sp³-hybridized carbons (Fsp3) is 0.571. The van der Waals surface area contributed by atoms with Gasteiger partial charge in [0.25, 0.3) is 0 Å². The maximum atomic E-state index is 13.5. The van der Waals surface area contributed by atoms with Crippen LogP contribution in [0.3, 0.4) is 0 Å². The van der Waals surface area contributed by atoms with Gasteiger partial charge in [0.2, 0.25) is 0 Å². The van der Waals surface area contributed by atoms with Crippen molar-refractivity contribution in [1.82, 2.24) is 15.1 Å². The topological polar surface area (TPSA) is 18.5 Å². The van der Waals surface area contributed by atoms with Crippen molar-refractivity contribution in [2.45, 2.75) is 6.54 Å². The molecule has 106 valence electrons. The van der Waals surface area contributed by atoms with Crippen LogP contribution < -0.4 is 5.32 Å². The number of halogens is 2. The zero-order chi connectivity index (χ0) is 13.7. The molecule has 0 aromatic heterocycles. The minimum Gasteiger partial charge on any atom is -0.311 e. The highest BCUT2D eigenvalue weighted by molar-refractivity contribution is 6.31. The molecule has 5 heteroatoms. The number of hydrogen-bond donors (Lipinski definition) is 1. The van der Waals surface area contributed by atoms with Gasteiger partial charge in [-0.3, -0.25) is 4.90 Å². The Labute approximate surface area is 119 Å². The third kappa shape index (κ3) is 4.42. The summed E-state index contributed by atoms with van der Waals surface area (Å²) in [7, 11) is 2.15. The summed E-state index contributed by atoms with van der Waals surface area (Å²) in [5.41, 5.74) is 0.558. The second-order valence-electron chi connectivity index (χ2n) is 5.02. The molecule has 0 bridgehead atoms. The molecule has 0 aliphatic carbocycles. The van der Waals surface area contributed by atoms with Gasteiger partial charge in [-0.1, -0.05) is 17.7 Å². The average molecular weight is 286 g/mol. The molecule has 1 aromatic rings. The molecule has 0 atom stereocenters. The van der Waals surface area contributed by atoms with E-state index in [2.05, 4.69) is 22.2 Å². The van der Waals surface area contributed by atoms with Gasteiger partial charge in [-0.25, -0.2) is 4.39 Å². The molecule has 1 aliphatic rings. The Hall–Kier alpha value is -0.680. The molecule has 1 N–H and O–H groups in total. The highest BCUT2D eigenvalue weighted by Gasteiger charge is 2.13. The molecule has 0 radical (unpaired) electrons. The van der Waals surface area contributed by atoms with Crippen molar-refractivity contribution < 1.29 is 4.39 Å². The quantitative estimate of drug-likeness (QED) is 0.833. The molecule has 0 unspecified atom stereocenters. The van der Waals surface area contributed by atoms with Crippen LogP contribution in [0.1, 0.15) is 5.56 Å². The first-order valence-electron chi connectivity index (χ1n) is 6.71. The number of likely N-dealkylation sites (N-methyl/N-ethyl adjacent to an activating group) is 1. The van der Waals surface area contributed by atoms with E-state index in [-0.39, 0.29) is 5.82 Å². The molecular formula is C14H21ClFN3. The van der Waals surface area contributed by atoms with Crippen LogP contribution in [0.5, 0.6) is 0 Å². The number of nitrogens with one attached hydrogen (secondary N) is 1. The van der Waals surface area contributed by atoms with Gasteiger partial charge in [-0.15, -0.1) is 0 Å². The lowest BCUT2D eigenvalue weighted by atomic mass is 10.2. The van der Waals surface area contributed by atoms with E-state index < -0.39 is 0 Å². The van der Waals surface area contributed by atoms with Crippen molar-refractivity contribution >= 4 is 11.6 Å². The summed E-state index contributed by atoms with van der Waals surface area (Å²) < 4.78 is 13.5. The minimum absolute atomic E-state index is 0.236. The van der Waals surface area contributed by atoms with E-state index in [4.69, 9.17) is 11.6 Å². The van der Waals surface area contributed by atoms with Gasteiger partial charge in [0.15, 0.2) is 0 Å². The molecule has 1 aromatic carbocycles. The van der Waals surface area contributed by atoms with E-state index in [9.17, 15) is 4.39 Å². The summed E-state index contributed by atoms with van der Waals surface area (Å²) in [6.45, 7) is 6.81. The fourth-order valence-electron chi connectivity index (χ4n) is 2.22. The zero-order valence-corrected chi connectivity index (χ0v) is 12.1. The molecule has 2 rings (SSSR count). The maximum Gasteiger partial charge on any atom is 0.129 e. The Morgan fingerprint density at radius 3 is 2.68 bits per heavy atom. The predicted octanol–water partition coefficient (Wildman–Crippen LogP) is 1.82. The van der Waals surface area contributed by atoms with Crippen LogP contribution in [0, 0.1) is 5.82 Å². The lowest BCUT2D eigenvalue weighted by Gasteiger charge is -2.32. The van der Waals surface area contributed by atoms with E-state index in [1.54, 1.807) is 12.1 Å². The van der Waals surface area contributed by atoms with Crippen LogP contribution >= 0.6 is 11.6 Å². The fourth-order valence-corrected chi connectivity index (χ4v) is 2.45. The largest absolute Gasteiger partial charge is 0.311 e. The number of hydrogen-bond acceptors (Lipinski definition) is 3. The standard InChI is InChI=1S/C14H21ClFN3/c1-18-7-9-19(10-8-18)6-5-17-11-12-13(15)3-2-4-14(12)16/h2-4,17H,5-11H2,1H3. The molecule has 1 fully saturated rings. The lowest BCUT2D eigenvalue weighted by Crippen LogP contribution is -2.46. The van der Waals surface area contributed by atoms with Gasteiger partial charge >= 0.3 is 0 Å². The molecule has 0 spiro atoms. The van der Waals surface area contributed by atoms with Gasteiger partial charge in [-0.05, 0) is 19.2 Å². The molecule has 3 nitrogen and oxygen atoms in total. The Bertz CT molecular complexity index is 385. The molecule has 19 heavy (non-hydrogen) atoms. The third-order valence-electron chi connectivity index (χ3n) is 3.56. The molecule has 1 aliphatic heterocycles. The van der Waals surface area contributed by atoms with Crippen LogP contribution in [0.2, 0.25) is 5.02 Å². The number of piperazine rings is 1. The highest BCUT2D eigenvalue weighted by atomic mass is 35.5. The second-order valence-corrected chi connectivity index (χ2v) is 5.43. The summed E-state index contributed by atoms with van der Waals surface area (Å²) in [5, 5.41) is 3.75. The Morgan fingerprint density at radius 2 is 2.00 bits per heavy atom. The summed E-state index contributed by atoms with van der Waals surface area (Å²) >= 11 is 5.98. The monoisotopic (exact) mass is 285 g/mol. The number of rotatable bonds is 5. The molecule has 0 amide bonds. The van der Waals surface area contributed by atoms with Crippen molar-refractivity contribution in [3.8, 4) is 0 Å². The number of nitrogens with zero attached hydrogens (tertiary/aromatic N) is 2. The molecule has 1 saturated heterocycles. The molecular weight excluding hydrogens is 265 g/mol. The van der Waals surface area contributed by atoms with Crippen LogP contribution in [-0.2, 0) is 6.54 Å². The Kier molecular flexibility index (Phi) is 5.58. The third-order valence-corrected chi connectivity index (χ3v) is 3.92. The van der Waals surface area contributed by atoms with Gasteiger partial charge in [0.1, 0.15) is 5.82 Å². The lowest BCUT2D eigenvalue weighted by molar-refractivity contribution is 0.154. The normalized spacial score (nSPS) is 17.8. The highest BCUT2D eigenvalue weighted by Crippen LogP contribution is 2.18. The van der Waals surface area contributed by atoms with Crippen LogP contribution in [-0.4, -0.2) is 56.1 Å². The summed E-state index contributed by atoms with van der Waals surface area (Å²) in [6, 6.07) is 4.80. The van der Waals surface area contributed by atoms with Crippen molar-refractivity contribution in [3.63, 3.8) is 0 Å². The summed E-state index contributed by atoms with van der Waals surface area (Å²) in [5.74, 6) is -0.236. The van der Waals surface area contributed by atoms with E-state index >= 15 is 0 Å². The second kappa shape index (κ2) is 7.20. The SMILES string of the molecule is CN1CCN(CCNCc2c(F)cccc2Cl)CC1. The van der Waals surface area contributed by atoms with E-state index in [1.807, 2.05) is 0 Å². The molecule has 1 heterocycles. The Balaban J connectivity index is 1.69. The predicted molar refractivity (Wildman–Crippen MR) is 77.1 cm³/mol. The van der Waals surface area contributed by atoms with Gasteiger partial charge in [0, 0.05) is 56.4 Å². The summed E-state index contributed by atoms with van der Waals surface area (Å²) in [6.07, 6.45) is 0. The minimum atomic E-state index is -0.236. The van der Waals surface area contributed by atoms with Gasteiger partial charge in [0.05, 0.1) is 0 Å². The van der Waals surface area contributed by atoms with Crippen LogP contribution in [0.15, 0.2) is 18.2 Å². The van der Waals surface area contributed by atoms with Crippen LogP contribution in [0.25, 0.3) is 0 Å². The van der Waals surface area contributed by atoms with E-state index in [0.717, 1.165) is 39.3 Å². The first kappa shape index (κ1) is 14.7.